The minimum atomic E-state index is -3.55. The molecule has 0 fully saturated rings. The van der Waals surface area contributed by atoms with Crippen molar-refractivity contribution in [2.75, 3.05) is 26.3 Å². The van der Waals surface area contributed by atoms with Gasteiger partial charge in [0.25, 0.3) is 0 Å². The minimum Gasteiger partial charge on any atom is -0.488 e. The zero-order chi connectivity index (χ0) is 19.9. The van der Waals surface area contributed by atoms with Crippen molar-refractivity contribution < 1.29 is 22.7 Å². The smallest absolute Gasteiger partial charge is 0.338 e. The van der Waals surface area contributed by atoms with E-state index in [1.807, 2.05) is 0 Å². The van der Waals surface area contributed by atoms with E-state index in [0.717, 1.165) is 0 Å². The molecule has 8 heteroatoms. The molecule has 2 rings (SSSR count). The first-order valence-corrected chi connectivity index (χ1v) is 10.4. The van der Waals surface area contributed by atoms with Crippen LogP contribution in [0.25, 0.3) is 0 Å². The Bertz CT molecular complexity index is 864. The fourth-order valence-electron chi connectivity index (χ4n) is 2.41. The number of hydrogen-bond acceptors (Lipinski definition) is 5. The molecule has 146 valence electrons. The van der Waals surface area contributed by atoms with Crippen molar-refractivity contribution >= 4 is 27.6 Å². The fraction of sp³-hybridized carbons (Fsp3) is 0.316. The highest BCUT2D eigenvalue weighted by atomic mass is 35.5. The van der Waals surface area contributed by atoms with E-state index in [1.54, 1.807) is 38.1 Å². The second-order valence-corrected chi connectivity index (χ2v) is 7.87. The number of nitrogens with zero attached hydrogens (tertiary/aromatic N) is 1. The summed E-state index contributed by atoms with van der Waals surface area (Å²) in [5.41, 5.74) is 0.270. The number of halogens is 1. The summed E-state index contributed by atoms with van der Waals surface area (Å²) in [5, 5.41) is 0.480. The Morgan fingerprint density at radius 3 is 2.22 bits per heavy atom. The van der Waals surface area contributed by atoms with Gasteiger partial charge in [0.05, 0.1) is 15.5 Å². The number of sulfonamides is 1. The Morgan fingerprint density at radius 1 is 1.00 bits per heavy atom. The summed E-state index contributed by atoms with van der Waals surface area (Å²) in [6.45, 7) is 4.52. The van der Waals surface area contributed by atoms with Crippen LogP contribution in [0.15, 0.2) is 53.4 Å². The molecule has 6 nitrogen and oxygen atoms in total. The maximum absolute atomic E-state index is 12.4. The van der Waals surface area contributed by atoms with Crippen LogP contribution in [-0.2, 0) is 14.8 Å². The van der Waals surface area contributed by atoms with Gasteiger partial charge in [-0.25, -0.2) is 13.2 Å². The Kier molecular flexibility index (Phi) is 7.65. The third-order valence-corrected chi connectivity index (χ3v) is 6.22. The SMILES string of the molecule is CCN(CC)S(=O)(=O)c1ccc(C(=O)OCCOc2ccccc2Cl)cc1. The standard InChI is InChI=1S/C19H22ClNO5S/c1-3-21(4-2)27(23,24)16-11-9-15(10-12-16)19(22)26-14-13-25-18-8-6-5-7-17(18)20/h5-12H,3-4,13-14H2,1-2H3. The molecule has 0 bridgehead atoms. The molecule has 0 spiro atoms. The second kappa shape index (κ2) is 9.73. The number of esters is 1. The lowest BCUT2D eigenvalue weighted by molar-refractivity contribution is 0.0450. The summed E-state index contributed by atoms with van der Waals surface area (Å²) >= 11 is 5.97. The first-order valence-electron chi connectivity index (χ1n) is 8.54. The van der Waals surface area contributed by atoms with Gasteiger partial charge in [0.2, 0.25) is 10.0 Å². The number of carbonyl (C=O) groups is 1. The average molecular weight is 412 g/mol. The van der Waals surface area contributed by atoms with Crippen molar-refractivity contribution in [1.29, 1.82) is 0 Å². The molecular formula is C19H22ClNO5S. The van der Waals surface area contributed by atoms with Crippen LogP contribution in [0.3, 0.4) is 0 Å². The van der Waals surface area contributed by atoms with Gasteiger partial charge in [0.1, 0.15) is 19.0 Å². The van der Waals surface area contributed by atoms with Gasteiger partial charge < -0.3 is 9.47 Å². The molecule has 0 aromatic heterocycles. The fourth-order valence-corrected chi connectivity index (χ4v) is 4.05. The second-order valence-electron chi connectivity index (χ2n) is 5.53. The molecule has 0 saturated carbocycles. The Hall–Kier alpha value is -2.09. The van der Waals surface area contributed by atoms with Crippen LogP contribution in [0.4, 0.5) is 0 Å². The third kappa shape index (κ3) is 5.45. The lowest BCUT2D eigenvalue weighted by Crippen LogP contribution is -2.30. The monoisotopic (exact) mass is 411 g/mol. The van der Waals surface area contributed by atoms with Crippen molar-refractivity contribution in [2.45, 2.75) is 18.7 Å². The maximum Gasteiger partial charge on any atom is 0.338 e. The lowest BCUT2D eigenvalue weighted by atomic mass is 10.2. The van der Waals surface area contributed by atoms with Crippen LogP contribution in [-0.4, -0.2) is 45.0 Å². The van der Waals surface area contributed by atoms with Gasteiger partial charge in [0, 0.05) is 13.1 Å². The molecule has 0 unspecified atom stereocenters. The Labute approximate surface area is 164 Å². The van der Waals surface area contributed by atoms with Crippen molar-refractivity contribution in [3.63, 3.8) is 0 Å². The summed E-state index contributed by atoms with van der Waals surface area (Å²) in [6.07, 6.45) is 0. The number of ether oxygens (including phenoxy) is 2. The zero-order valence-corrected chi connectivity index (χ0v) is 16.8. The van der Waals surface area contributed by atoms with E-state index in [2.05, 4.69) is 0 Å². The largest absolute Gasteiger partial charge is 0.488 e. The summed E-state index contributed by atoms with van der Waals surface area (Å²) < 4.78 is 36.8. The van der Waals surface area contributed by atoms with E-state index in [4.69, 9.17) is 21.1 Å². The predicted octanol–water partition coefficient (Wildman–Crippen LogP) is 3.61. The number of rotatable bonds is 9. The molecule has 27 heavy (non-hydrogen) atoms. The molecule has 0 heterocycles. The molecule has 0 radical (unpaired) electrons. The van der Waals surface area contributed by atoms with Gasteiger partial charge in [-0.1, -0.05) is 37.6 Å². The first kappa shape index (κ1) is 21.2. The molecule has 0 aliphatic carbocycles. The lowest BCUT2D eigenvalue weighted by Gasteiger charge is -2.18. The van der Waals surface area contributed by atoms with Gasteiger partial charge in [-0.15, -0.1) is 0 Å². The molecule has 0 N–H and O–H groups in total. The van der Waals surface area contributed by atoms with Gasteiger partial charge in [-0.2, -0.15) is 4.31 Å². The molecule has 0 saturated heterocycles. The van der Waals surface area contributed by atoms with Crippen LogP contribution in [0.5, 0.6) is 5.75 Å². The molecule has 0 aliphatic heterocycles. The summed E-state index contributed by atoms with van der Waals surface area (Å²) in [5.74, 6) is -0.0364. The van der Waals surface area contributed by atoms with Crippen LogP contribution < -0.4 is 4.74 Å². The van der Waals surface area contributed by atoms with Crippen molar-refractivity contribution in [2.24, 2.45) is 0 Å². The minimum absolute atomic E-state index is 0.0452. The summed E-state index contributed by atoms with van der Waals surface area (Å²) in [4.78, 5) is 12.2. The summed E-state index contributed by atoms with van der Waals surface area (Å²) in [6, 6.07) is 12.7. The van der Waals surface area contributed by atoms with Crippen molar-refractivity contribution in [3.05, 3.63) is 59.1 Å². The molecule has 0 atom stereocenters. The van der Waals surface area contributed by atoms with Crippen LogP contribution in [0.1, 0.15) is 24.2 Å². The zero-order valence-electron chi connectivity index (χ0n) is 15.2. The van der Waals surface area contributed by atoms with E-state index in [-0.39, 0.29) is 23.7 Å². The first-order chi connectivity index (χ1) is 12.9. The number of para-hydroxylation sites is 1. The third-order valence-electron chi connectivity index (χ3n) is 3.84. The summed E-state index contributed by atoms with van der Waals surface area (Å²) in [7, 11) is -3.55. The average Bonchev–Trinajstić information content (AvgIpc) is 2.67. The topological polar surface area (TPSA) is 72.9 Å². The van der Waals surface area contributed by atoms with Crippen molar-refractivity contribution in [1.82, 2.24) is 4.31 Å². The van der Waals surface area contributed by atoms with Gasteiger partial charge in [-0.05, 0) is 36.4 Å². The van der Waals surface area contributed by atoms with Gasteiger partial charge in [-0.3, -0.25) is 0 Å². The maximum atomic E-state index is 12.4. The number of benzene rings is 2. The number of carbonyl (C=O) groups excluding carboxylic acids is 1. The van der Waals surface area contributed by atoms with E-state index in [1.165, 1.54) is 28.6 Å². The van der Waals surface area contributed by atoms with E-state index < -0.39 is 16.0 Å². The highest BCUT2D eigenvalue weighted by Gasteiger charge is 2.21. The highest BCUT2D eigenvalue weighted by Crippen LogP contribution is 2.23. The van der Waals surface area contributed by atoms with Crippen LogP contribution >= 0.6 is 11.6 Å². The van der Waals surface area contributed by atoms with E-state index in [0.29, 0.717) is 23.9 Å². The van der Waals surface area contributed by atoms with E-state index in [9.17, 15) is 13.2 Å². The van der Waals surface area contributed by atoms with Crippen LogP contribution in [0.2, 0.25) is 5.02 Å². The van der Waals surface area contributed by atoms with Gasteiger partial charge in [0.15, 0.2) is 0 Å². The van der Waals surface area contributed by atoms with E-state index >= 15 is 0 Å². The molecule has 0 aliphatic rings. The van der Waals surface area contributed by atoms with Crippen LogP contribution in [0, 0.1) is 0 Å². The Balaban J connectivity index is 1.91. The predicted molar refractivity (Wildman–Crippen MR) is 104 cm³/mol. The molecule has 0 amide bonds. The Morgan fingerprint density at radius 2 is 1.63 bits per heavy atom. The molecule has 2 aromatic carbocycles. The molecule has 2 aromatic rings. The normalized spacial score (nSPS) is 11.4. The van der Waals surface area contributed by atoms with Gasteiger partial charge >= 0.3 is 5.97 Å². The van der Waals surface area contributed by atoms with Crippen molar-refractivity contribution in [3.8, 4) is 5.75 Å². The highest BCUT2D eigenvalue weighted by molar-refractivity contribution is 7.89. The molecular weight excluding hydrogens is 390 g/mol. The number of hydrogen-bond donors (Lipinski definition) is 0. The quantitative estimate of drug-likeness (QED) is 0.465.